The first-order chi connectivity index (χ1) is 6.79. The molecule has 0 saturated heterocycles. The second-order valence-corrected chi connectivity index (χ2v) is 5.19. The fourth-order valence-corrected chi connectivity index (χ4v) is 2.48. The molecule has 0 bridgehead atoms. The summed E-state index contributed by atoms with van der Waals surface area (Å²) in [5, 5.41) is 0.00201. The second kappa shape index (κ2) is 5.09. The van der Waals surface area contributed by atoms with Gasteiger partial charge in [0.05, 0.1) is 10.8 Å². The van der Waals surface area contributed by atoms with Crippen LogP contribution in [0.3, 0.4) is 0 Å². The van der Waals surface area contributed by atoms with E-state index in [1.165, 1.54) is 6.07 Å². The summed E-state index contributed by atoms with van der Waals surface area (Å²) in [7, 11) is 0. The zero-order chi connectivity index (χ0) is 11.6. The maximum absolute atomic E-state index is 12.9. The lowest BCUT2D eigenvalue weighted by atomic mass is 10.3. The molecule has 0 aliphatic heterocycles. The van der Waals surface area contributed by atoms with Crippen LogP contribution in [-0.2, 0) is 0 Å². The van der Waals surface area contributed by atoms with E-state index in [0.29, 0.717) is 11.8 Å². The highest BCUT2D eigenvalue weighted by Crippen LogP contribution is 2.33. The summed E-state index contributed by atoms with van der Waals surface area (Å²) < 4.78 is 48.9. The molecule has 0 amide bonds. The minimum Gasteiger partial charge on any atom is -0.206 e. The molecule has 0 atom stereocenters. The summed E-state index contributed by atoms with van der Waals surface area (Å²) in [6, 6.07) is 2.32. The Morgan fingerprint density at radius 1 is 1.33 bits per heavy atom. The van der Waals surface area contributed by atoms with Gasteiger partial charge in [0, 0.05) is 8.47 Å². The Morgan fingerprint density at radius 2 is 1.93 bits per heavy atom. The van der Waals surface area contributed by atoms with Crippen molar-refractivity contribution in [2.75, 3.05) is 5.75 Å². The lowest BCUT2D eigenvalue weighted by Gasteiger charge is -2.08. The van der Waals surface area contributed by atoms with Crippen molar-refractivity contribution in [1.82, 2.24) is 0 Å². The first-order valence-electron chi connectivity index (χ1n) is 3.63. The first-order valence-corrected chi connectivity index (χ1v) is 6.08. The van der Waals surface area contributed by atoms with E-state index >= 15 is 0 Å². The molecule has 0 aromatic heterocycles. The zero-order valence-corrected chi connectivity index (χ0v) is 10.8. The van der Waals surface area contributed by atoms with Gasteiger partial charge in [0.25, 0.3) is 0 Å². The maximum atomic E-state index is 12.9. The van der Waals surface area contributed by atoms with Crippen LogP contribution in [0, 0.1) is 9.39 Å². The van der Waals surface area contributed by atoms with Crippen molar-refractivity contribution in [2.24, 2.45) is 0 Å². The number of thioether (sulfide) groups is 1. The van der Waals surface area contributed by atoms with Crippen molar-refractivity contribution in [3.63, 3.8) is 0 Å². The minimum atomic E-state index is -4.26. The van der Waals surface area contributed by atoms with Gasteiger partial charge in [0.1, 0.15) is 5.82 Å². The molecule has 0 N–H and O–H groups in total. The summed E-state index contributed by atoms with van der Waals surface area (Å²) in [6.45, 7) is 0. The molecule has 0 unspecified atom stereocenters. The van der Waals surface area contributed by atoms with Crippen molar-refractivity contribution in [1.29, 1.82) is 0 Å². The third-order valence-electron chi connectivity index (χ3n) is 1.37. The molecule has 0 heterocycles. The quantitative estimate of drug-likeness (QED) is 0.314. The van der Waals surface area contributed by atoms with Crippen LogP contribution in [0.4, 0.5) is 17.6 Å². The van der Waals surface area contributed by atoms with E-state index in [9.17, 15) is 17.6 Å². The Bertz CT molecular complexity index is 366. The predicted molar refractivity (Wildman–Crippen MR) is 60.9 cm³/mol. The van der Waals surface area contributed by atoms with Crippen molar-refractivity contribution >= 4 is 46.0 Å². The Balaban J connectivity index is 2.82. The van der Waals surface area contributed by atoms with Crippen molar-refractivity contribution in [3.05, 3.63) is 26.5 Å². The maximum Gasteiger partial charge on any atom is 0.398 e. The number of halogens is 6. The van der Waals surface area contributed by atoms with Gasteiger partial charge in [-0.05, 0) is 34.7 Å². The van der Waals surface area contributed by atoms with Crippen LogP contribution >= 0.6 is 46.0 Å². The van der Waals surface area contributed by atoms with E-state index in [2.05, 4.69) is 0 Å². The monoisotopic (exact) mass is 370 g/mol. The molecule has 0 fully saturated rings. The van der Waals surface area contributed by atoms with E-state index in [-0.39, 0.29) is 13.5 Å². The summed E-state index contributed by atoms with van der Waals surface area (Å²) in [4.78, 5) is 0.236. The summed E-state index contributed by atoms with van der Waals surface area (Å²) in [6.07, 6.45) is -4.26. The van der Waals surface area contributed by atoms with Gasteiger partial charge in [-0.15, -0.1) is 11.8 Å². The van der Waals surface area contributed by atoms with Crippen LogP contribution in [0.1, 0.15) is 0 Å². The first kappa shape index (κ1) is 13.4. The summed E-state index contributed by atoms with van der Waals surface area (Å²) in [5.74, 6) is -1.56. The SMILES string of the molecule is Fc1cc(Cl)c(SCC(F)(F)F)cc1I. The molecule has 0 radical (unpaired) electrons. The zero-order valence-electron chi connectivity index (χ0n) is 7.04. The third kappa shape index (κ3) is 4.36. The molecule has 15 heavy (non-hydrogen) atoms. The predicted octanol–water partition coefficient (Wildman–Crippen LogP) is 4.74. The lowest BCUT2D eigenvalue weighted by Crippen LogP contribution is -2.10. The van der Waals surface area contributed by atoms with E-state index in [4.69, 9.17) is 11.6 Å². The molecule has 7 heteroatoms. The van der Waals surface area contributed by atoms with E-state index in [1.807, 2.05) is 0 Å². The molecule has 1 rings (SSSR count). The Kier molecular flexibility index (Phi) is 4.54. The fourth-order valence-electron chi connectivity index (χ4n) is 0.775. The molecule has 0 spiro atoms. The Labute approximate surface area is 107 Å². The van der Waals surface area contributed by atoms with E-state index in [1.54, 1.807) is 22.6 Å². The second-order valence-electron chi connectivity index (χ2n) is 2.60. The topological polar surface area (TPSA) is 0 Å². The van der Waals surface area contributed by atoms with Crippen LogP contribution in [0.5, 0.6) is 0 Å². The van der Waals surface area contributed by atoms with Crippen molar-refractivity contribution in [3.8, 4) is 0 Å². The van der Waals surface area contributed by atoms with Gasteiger partial charge >= 0.3 is 6.18 Å². The van der Waals surface area contributed by atoms with Crippen LogP contribution in [-0.4, -0.2) is 11.9 Å². The van der Waals surface area contributed by atoms with Gasteiger partial charge < -0.3 is 0 Å². The van der Waals surface area contributed by atoms with E-state index in [0.717, 1.165) is 6.07 Å². The number of alkyl halides is 3. The average molecular weight is 371 g/mol. The highest BCUT2D eigenvalue weighted by atomic mass is 127. The fraction of sp³-hybridized carbons (Fsp3) is 0.250. The Morgan fingerprint density at radius 3 is 2.47 bits per heavy atom. The molecule has 84 valence electrons. The van der Waals surface area contributed by atoms with Gasteiger partial charge in [-0.1, -0.05) is 11.6 Å². The number of hydrogen-bond acceptors (Lipinski definition) is 1. The molecule has 0 aliphatic rings. The van der Waals surface area contributed by atoms with Gasteiger partial charge in [-0.2, -0.15) is 13.2 Å². The standard InChI is InChI=1S/C8H4ClF4IS/c9-4-1-5(10)6(14)2-7(4)15-3-8(11,12)13/h1-2H,3H2. The molecular formula is C8H4ClF4IS. The highest BCUT2D eigenvalue weighted by molar-refractivity contribution is 14.1. The van der Waals surface area contributed by atoms with Crippen molar-refractivity contribution in [2.45, 2.75) is 11.1 Å². The molecule has 0 aliphatic carbocycles. The minimum absolute atomic E-state index is 0.00201. The number of hydrogen-bond donors (Lipinski definition) is 0. The largest absolute Gasteiger partial charge is 0.398 e. The summed E-state index contributed by atoms with van der Waals surface area (Å²) in [5.41, 5.74) is 0. The van der Waals surface area contributed by atoms with Gasteiger partial charge in [-0.3, -0.25) is 0 Å². The Hall–Kier alpha value is 0.310. The van der Waals surface area contributed by atoms with Crippen LogP contribution in [0.2, 0.25) is 5.02 Å². The van der Waals surface area contributed by atoms with Gasteiger partial charge in [-0.25, -0.2) is 4.39 Å². The smallest absolute Gasteiger partial charge is 0.206 e. The van der Waals surface area contributed by atoms with Crippen LogP contribution < -0.4 is 0 Å². The summed E-state index contributed by atoms with van der Waals surface area (Å²) >= 11 is 7.85. The molecule has 0 saturated carbocycles. The van der Waals surface area contributed by atoms with Crippen molar-refractivity contribution < 1.29 is 17.6 Å². The van der Waals surface area contributed by atoms with Crippen LogP contribution in [0.15, 0.2) is 17.0 Å². The van der Waals surface area contributed by atoms with Crippen LogP contribution in [0.25, 0.3) is 0 Å². The third-order valence-corrected chi connectivity index (χ3v) is 3.74. The highest BCUT2D eigenvalue weighted by Gasteiger charge is 2.27. The molecule has 1 aromatic rings. The normalized spacial score (nSPS) is 11.9. The molecule has 1 aromatic carbocycles. The lowest BCUT2D eigenvalue weighted by molar-refractivity contribution is -0.105. The molecule has 0 nitrogen and oxygen atoms in total. The molecular weight excluding hydrogens is 367 g/mol. The number of rotatable bonds is 2. The average Bonchev–Trinajstić information content (AvgIpc) is 2.07. The van der Waals surface area contributed by atoms with E-state index < -0.39 is 17.7 Å². The van der Waals surface area contributed by atoms with Gasteiger partial charge in [0.15, 0.2) is 0 Å². The van der Waals surface area contributed by atoms with Gasteiger partial charge in [0.2, 0.25) is 0 Å². The number of benzene rings is 1.